The molecular weight excluding hydrogens is 563 g/mol. The Bertz CT molecular complexity index is 1560. The zero-order chi connectivity index (χ0) is 29.6. The van der Waals surface area contributed by atoms with E-state index in [0.717, 1.165) is 30.8 Å². The fourth-order valence-corrected chi connectivity index (χ4v) is 6.56. The number of hydrogen-bond donors (Lipinski definition) is 0. The number of hydroxylamine groups is 2. The topological polar surface area (TPSA) is 98.3 Å². The van der Waals surface area contributed by atoms with E-state index in [2.05, 4.69) is 14.6 Å². The molecule has 0 bridgehead atoms. The second kappa shape index (κ2) is 10.7. The Morgan fingerprint density at radius 2 is 1.71 bits per heavy atom. The summed E-state index contributed by atoms with van der Waals surface area (Å²) in [4.78, 5) is 23.7. The van der Waals surface area contributed by atoms with E-state index in [9.17, 15) is 26.4 Å². The molecule has 2 aromatic carbocycles. The summed E-state index contributed by atoms with van der Waals surface area (Å²) in [5, 5.41) is 2.22. The van der Waals surface area contributed by atoms with Crippen LogP contribution in [-0.4, -0.2) is 62.8 Å². The van der Waals surface area contributed by atoms with Crippen molar-refractivity contribution in [1.29, 1.82) is 0 Å². The number of carbonyl (C=O) groups is 1. The number of rotatable bonds is 5. The molecule has 13 heteroatoms. The van der Waals surface area contributed by atoms with E-state index in [1.165, 1.54) is 24.4 Å². The van der Waals surface area contributed by atoms with Crippen LogP contribution in [0.25, 0.3) is 10.9 Å². The minimum absolute atomic E-state index is 0.142. The second-order valence-electron chi connectivity index (χ2n) is 11.2. The van der Waals surface area contributed by atoms with Gasteiger partial charge in [0.25, 0.3) is 0 Å². The average molecular weight is 594 g/mol. The van der Waals surface area contributed by atoms with Crippen LogP contribution in [0.3, 0.4) is 0 Å². The molecule has 0 amide bonds. The lowest BCUT2D eigenvalue weighted by atomic mass is 9.90. The number of anilines is 1. The summed E-state index contributed by atoms with van der Waals surface area (Å²) < 4.78 is 73.6. The zero-order valence-corrected chi connectivity index (χ0v) is 23.5. The summed E-state index contributed by atoms with van der Waals surface area (Å²) in [7, 11) is -4.17. The van der Waals surface area contributed by atoms with Gasteiger partial charge in [-0.05, 0) is 69.4 Å². The van der Waals surface area contributed by atoms with Crippen LogP contribution >= 0.6 is 0 Å². The first-order valence-corrected chi connectivity index (χ1v) is 14.6. The van der Waals surface area contributed by atoms with Crippen molar-refractivity contribution in [2.75, 3.05) is 31.1 Å². The average Bonchev–Trinajstić information content (AvgIpc) is 3.29. The molecular formula is C28H30F3N3O6S. The van der Waals surface area contributed by atoms with Crippen LogP contribution in [0.15, 0.2) is 64.5 Å². The van der Waals surface area contributed by atoms with Crippen LogP contribution in [0.4, 0.5) is 23.7 Å². The molecule has 41 heavy (non-hydrogen) atoms. The minimum Gasteiger partial charge on any atom is -0.427 e. The highest BCUT2D eigenvalue weighted by Crippen LogP contribution is 2.37. The van der Waals surface area contributed by atoms with Crippen LogP contribution in [0, 0.1) is 11.8 Å². The van der Waals surface area contributed by atoms with Gasteiger partial charge in [-0.3, -0.25) is 4.98 Å². The second-order valence-corrected chi connectivity index (χ2v) is 13.2. The first-order valence-electron chi connectivity index (χ1n) is 13.1. The fraction of sp³-hybridized carbons (Fsp3) is 0.429. The molecule has 0 spiro atoms. The largest absolute Gasteiger partial charge is 0.573 e. The van der Waals surface area contributed by atoms with Crippen molar-refractivity contribution >= 4 is 32.6 Å². The molecule has 0 saturated carbocycles. The van der Waals surface area contributed by atoms with Gasteiger partial charge in [-0.2, -0.15) is 0 Å². The maximum atomic E-state index is 13.3. The highest BCUT2D eigenvalue weighted by Gasteiger charge is 2.39. The lowest BCUT2D eigenvalue weighted by Gasteiger charge is -2.32. The Labute approximate surface area is 235 Å². The van der Waals surface area contributed by atoms with Gasteiger partial charge in [0.15, 0.2) is 0 Å². The SMILES string of the molecule is CC(C)(C)OC(=O)ON1CCC2CN(c3cccc4cc(S(=O)(=O)c5cccc(OC(F)(F)F)c5)cnc34)CC2C1. The van der Waals surface area contributed by atoms with Crippen LogP contribution in [0.5, 0.6) is 5.75 Å². The first kappa shape index (κ1) is 28.9. The smallest absolute Gasteiger partial charge is 0.427 e. The quantitative estimate of drug-likeness (QED) is 0.351. The molecule has 2 saturated heterocycles. The fourth-order valence-electron chi connectivity index (χ4n) is 5.29. The molecule has 0 radical (unpaired) electrons. The molecule has 3 heterocycles. The number of sulfone groups is 1. The summed E-state index contributed by atoms with van der Waals surface area (Å²) >= 11 is 0. The normalized spacial score (nSPS) is 20.1. The molecule has 2 aliphatic heterocycles. The van der Waals surface area contributed by atoms with Crippen molar-refractivity contribution in [3.05, 3.63) is 54.7 Å². The summed E-state index contributed by atoms with van der Waals surface area (Å²) in [6.07, 6.45) is -3.62. The van der Waals surface area contributed by atoms with E-state index in [-0.39, 0.29) is 15.7 Å². The third-order valence-electron chi connectivity index (χ3n) is 7.02. The maximum absolute atomic E-state index is 13.3. The van der Waals surface area contributed by atoms with E-state index in [1.807, 2.05) is 12.1 Å². The number of hydrogen-bond acceptors (Lipinski definition) is 9. The van der Waals surface area contributed by atoms with Crippen molar-refractivity contribution in [1.82, 2.24) is 10.0 Å². The van der Waals surface area contributed by atoms with Gasteiger partial charge >= 0.3 is 12.5 Å². The van der Waals surface area contributed by atoms with Gasteiger partial charge in [0, 0.05) is 37.8 Å². The third kappa shape index (κ3) is 6.67. The summed E-state index contributed by atoms with van der Waals surface area (Å²) in [6, 6.07) is 11.2. The molecule has 220 valence electrons. The minimum atomic E-state index is -4.94. The van der Waals surface area contributed by atoms with Crippen LogP contribution in [-0.2, 0) is 19.4 Å². The highest BCUT2D eigenvalue weighted by atomic mass is 32.2. The van der Waals surface area contributed by atoms with E-state index >= 15 is 0 Å². The van der Waals surface area contributed by atoms with Crippen LogP contribution in [0.2, 0.25) is 0 Å². The molecule has 2 unspecified atom stereocenters. The number of aromatic nitrogens is 1. The van der Waals surface area contributed by atoms with Crippen molar-refractivity contribution < 1.29 is 40.7 Å². The van der Waals surface area contributed by atoms with E-state index in [0.29, 0.717) is 36.5 Å². The number of nitrogens with zero attached hydrogens (tertiary/aromatic N) is 3. The number of para-hydroxylation sites is 1. The standard InChI is InChI=1S/C28H30F3N3O6S/c1-27(2,3)39-26(35)40-34-11-10-19-15-33(16-20(19)17-34)24-9-4-6-18-12-23(14-32-25(18)24)41(36,37)22-8-5-7-21(13-22)38-28(29,30)31/h4-9,12-14,19-20H,10-11,15-17H2,1-3H3. The number of ether oxygens (including phenoxy) is 2. The highest BCUT2D eigenvalue weighted by molar-refractivity contribution is 7.91. The third-order valence-corrected chi connectivity index (χ3v) is 8.74. The molecule has 3 aromatic rings. The predicted octanol–water partition coefficient (Wildman–Crippen LogP) is 5.59. The van der Waals surface area contributed by atoms with Gasteiger partial charge in [-0.25, -0.2) is 13.2 Å². The zero-order valence-electron chi connectivity index (χ0n) is 22.7. The van der Waals surface area contributed by atoms with Gasteiger partial charge in [0.1, 0.15) is 11.4 Å². The Balaban J connectivity index is 1.33. The molecule has 2 fully saturated rings. The molecule has 5 rings (SSSR count). The number of fused-ring (bicyclic) bond motifs is 2. The van der Waals surface area contributed by atoms with Crippen LogP contribution < -0.4 is 9.64 Å². The van der Waals surface area contributed by atoms with Gasteiger partial charge in [-0.15, -0.1) is 18.2 Å². The molecule has 1 aromatic heterocycles. The van der Waals surface area contributed by atoms with E-state index < -0.39 is 33.7 Å². The molecule has 9 nitrogen and oxygen atoms in total. The van der Waals surface area contributed by atoms with Gasteiger partial charge in [0.05, 0.1) is 21.0 Å². The summed E-state index contributed by atoms with van der Waals surface area (Å²) in [5.41, 5.74) is 0.813. The van der Waals surface area contributed by atoms with Crippen molar-refractivity contribution in [2.45, 2.75) is 48.9 Å². The number of benzene rings is 2. The number of alkyl halides is 3. The Morgan fingerprint density at radius 1 is 0.976 bits per heavy atom. The van der Waals surface area contributed by atoms with Crippen molar-refractivity contribution in [2.24, 2.45) is 11.8 Å². The van der Waals surface area contributed by atoms with Crippen LogP contribution in [0.1, 0.15) is 27.2 Å². The maximum Gasteiger partial charge on any atom is 0.573 e. The summed E-state index contributed by atoms with van der Waals surface area (Å²) in [5.74, 6) is 0.00189. The van der Waals surface area contributed by atoms with Crippen molar-refractivity contribution in [3.63, 3.8) is 0 Å². The Morgan fingerprint density at radius 3 is 2.44 bits per heavy atom. The van der Waals surface area contributed by atoms with E-state index in [1.54, 1.807) is 31.9 Å². The number of pyridine rings is 1. The lowest BCUT2D eigenvalue weighted by molar-refractivity contribution is -0.274. The predicted molar refractivity (Wildman–Crippen MR) is 143 cm³/mol. The van der Waals surface area contributed by atoms with Gasteiger partial charge in [0.2, 0.25) is 9.84 Å². The number of halogens is 3. The molecule has 2 atom stereocenters. The molecule has 0 N–H and O–H groups in total. The van der Waals surface area contributed by atoms with Gasteiger partial charge in [-0.1, -0.05) is 18.2 Å². The van der Waals surface area contributed by atoms with E-state index in [4.69, 9.17) is 9.57 Å². The summed E-state index contributed by atoms with van der Waals surface area (Å²) in [6.45, 7) is 7.96. The molecule has 2 aliphatic rings. The van der Waals surface area contributed by atoms with Gasteiger partial charge < -0.3 is 19.2 Å². The Hall–Kier alpha value is -3.58. The number of piperidine rings is 1. The lowest BCUT2D eigenvalue weighted by Crippen LogP contribution is -2.42. The monoisotopic (exact) mass is 593 g/mol. The number of carbonyl (C=O) groups excluding carboxylic acids is 1. The molecule has 0 aliphatic carbocycles. The first-order chi connectivity index (χ1) is 19.2. The van der Waals surface area contributed by atoms with Crippen molar-refractivity contribution in [3.8, 4) is 5.75 Å². The Kier molecular flexibility index (Phi) is 7.53.